The van der Waals surface area contributed by atoms with Crippen LogP contribution in [0.15, 0.2) is 203 Å². The molecule has 282 valence electrons. The van der Waals surface area contributed by atoms with E-state index < -0.39 is 0 Å². The summed E-state index contributed by atoms with van der Waals surface area (Å²) in [6, 6.07) is 70.3. The first-order valence-corrected chi connectivity index (χ1v) is 20.9. The summed E-state index contributed by atoms with van der Waals surface area (Å²) >= 11 is 0. The number of aryl methyl sites for hydroxylation is 1. The molecule has 13 rings (SSSR count). The van der Waals surface area contributed by atoms with E-state index in [1.54, 1.807) is 0 Å². The number of aromatic nitrogens is 1. The maximum atomic E-state index is 6.82. The largest absolute Gasteiger partial charge is 0.455 e. The van der Waals surface area contributed by atoms with E-state index in [-0.39, 0.29) is 0 Å². The van der Waals surface area contributed by atoms with E-state index in [9.17, 15) is 0 Å². The second-order valence-electron chi connectivity index (χ2n) is 16.3. The van der Waals surface area contributed by atoms with Crippen LogP contribution in [0.5, 0.6) is 0 Å². The second kappa shape index (κ2) is 12.9. The Bertz CT molecular complexity index is 3660. The summed E-state index contributed by atoms with van der Waals surface area (Å²) < 4.78 is 16.0. The standard InChI is InChI=1S/C57H37NO2/c1-3-13-35(14-4-1)25-28-43-41-17-7-8-18-42(41)48-31-36(26-29-44(43)48)39-20-11-22-46-50-33-51-47-23-12-21-40(57(47)60-55(51)34-54(50)59-56(39)46)37-27-30-53-49(32-37)45-19-9-10-24-52(45)58(53)38-15-5-2-6-16-38/h1-24,26-27,29-34,43H,25,28H2. The fourth-order valence-corrected chi connectivity index (χ4v) is 10.3. The zero-order valence-corrected chi connectivity index (χ0v) is 32.7. The van der Waals surface area contributed by atoms with Crippen LogP contribution in [-0.4, -0.2) is 4.57 Å². The van der Waals surface area contributed by atoms with Gasteiger partial charge in [0.2, 0.25) is 0 Å². The highest BCUT2D eigenvalue weighted by Gasteiger charge is 2.29. The van der Waals surface area contributed by atoms with Crippen LogP contribution in [0.3, 0.4) is 0 Å². The van der Waals surface area contributed by atoms with Gasteiger partial charge in [0.25, 0.3) is 0 Å². The third-order valence-corrected chi connectivity index (χ3v) is 13.0. The van der Waals surface area contributed by atoms with Crippen LogP contribution in [0.2, 0.25) is 0 Å². The Kier molecular flexibility index (Phi) is 7.20. The number of fused-ring (bicyclic) bond motifs is 12. The van der Waals surface area contributed by atoms with Gasteiger partial charge in [0.15, 0.2) is 0 Å². The van der Waals surface area contributed by atoms with Gasteiger partial charge < -0.3 is 13.4 Å². The van der Waals surface area contributed by atoms with E-state index >= 15 is 0 Å². The van der Waals surface area contributed by atoms with Crippen LogP contribution >= 0.6 is 0 Å². The topological polar surface area (TPSA) is 31.2 Å². The predicted octanol–water partition coefficient (Wildman–Crippen LogP) is 15.7. The van der Waals surface area contributed by atoms with E-state index in [2.05, 4.69) is 199 Å². The molecule has 12 aromatic rings. The van der Waals surface area contributed by atoms with Crippen molar-refractivity contribution in [2.24, 2.45) is 0 Å². The van der Waals surface area contributed by atoms with Crippen LogP contribution in [0, 0.1) is 0 Å². The number of para-hydroxylation sites is 4. The smallest absolute Gasteiger partial charge is 0.143 e. The summed E-state index contributed by atoms with van der Waals surface area (Å²) in [7, 11) is 0. The number of hydrogen-bond donors (Lipinski definition) is 0. The highest BCUT2D eigenvalue weighted by molar-refractivity contribution is 6.19. The van der Waals surface area contributed by atoms with Crippen molar-refractivity contribution in [1.29, 1.82) is 0 Å². The molecule has 9 aromatic carbocycles. The summed E-state index contributed by atoms with van der Waals surface area (Å²) in [5, 5.41) is 6.84. The molecular formula is C57H37NO2. The van der Waals surface area contributed by atoms with E-state index in [0.717, 1.165) is 79.1 Å². The van der Waals surface area contributed by atoms with Gasteiger partial charge in [0, 0.05) is 61.1 Å². The molecule has 1 atom stereocenters. The highest BCUT2D eigenvalue weighted by Crippen LogP contribution is 2.49. The number of furan rings is 2. The molecule has 0 radical (unpaired) electrons. The lowest BCUT2D eigenvalue weighted by Crippen LogP contribution is -1.99. The van der Waals surface area contributed by atoms with Crippen molar-refractivity contribution in [2.75, 3.05) is 0 Å². The normalized spacial score (nSPS) is 13.6. The van der Waals surface area contributed by atoms with Gasteiger partial charge in [0.1, 0.15) is 22.3 Å². The molecule has 1 aliphatic rings. The molecule has 0 amide bonds. The summed E-state index contributed by atoms with van der Waals surface area (Å²) in [5.74, 6) is 0.377. The summed E-state index contributed by atoms with van der Waals surface area (Å²) in [4.78, 5) is 0. The molecule has 0 N–H and O–H groups in total. The fourth-order valence-electron chi connectivity index (χ4n) is 10.3. The van der Waals surface area contributed by atoms with Gasteiger partial charge in [-0.25, -0.2) is 0 Å². The van der Waals surface area contributed by atoms with E-state index in [1.807, 2.05) is 0 Å². The lowest BCUT2D eigenvalue weighted by Gasteiger charge is -2.14. The minimum Gasteiger partial charge on any atom is -0.455 e. The number of nitrogens with zero attached hydrogens (tertiary/aromatic N) is 1. The zero-order chi connectivity index (χ0) is 39.3. The Labute approximate surface area is 346 Å². The molecule has 3 aromatic heterocycles. The average molecular weight is 768 g/mol. The fraction of sp³-hybridized carbons (Fsp3) is 0.0526. The first kappa shape index (κ1) is 33.4. The Morgan fingerprint density at radius 1 is 0.383 bits per heavy atom. The molecular weight excluding hydrogens is 731 g/mol. The number of rotatable bonds is 6. The number of benzene rings is 9. The SMILES string of the molecule is c1ccc(CCC2c3ccccc3-c3cc(-c4cccc5c4oc4cc6oc7c(-c8ccc9c(c8)c8ccccc8n9-c8ccccc8)cccc7c6cc45)ccc32)cc1. The van der Waals surface area contributed by atoms with Gasteiger partial charge in [-0.2, -0.15) is 0 Å². The third kappa shape index (κ3) is 4.96. The Morgan fingerprint density at radius 3 is 1.73 bits per heavy atom. The molecule has 1 unspecified atom stereocenters. The molecule has 0 saturated carbocycles. The molecule has 0 saturated heterocycles. The third-order valence-electron chi connectivity index (χ3n) is 13.0. The number of hydrogen-bond acceptors (Lipinski definition) is 2. The lowest BCUT2D eigenvalue weighted by molar-refractivity contribution is 0.657. The van der Waals surface area contributed by atoms with Crippen molar-refractivity contribution in [1.82, 2.24) is 4.57 Å². The molecule has 0 fully saturated rings. The van der Waals surface area contributed by atoms with Crippen LogP contribution in [0.1, 0.15) is 29.0 Å². The molecule has 1 aliphatic carbocycles. The molecule has 0 bridgehead atoms. The summed E-state index contributed by atoms with van der Waals surface area (Å²) in [6.07, 6.45) is 2.13. The predicted molar refractivity (Wildman–Crippen MR) is 248 cm³/mol. The lowest BCUT2D eigenvalue weighted by atomic mass is 9.90. The van der Waals surface area contributed by atoms with Crippen molar-refractivity contribution in [3.8, 4) is 39.1 Å². The molecule has 0 aliphatic heterocycles. The minimum absolute atomic E-state index is 0.377. The van der Waals surface area contributed by atoms with E-state index in [1.165, 1.54) is 55.2 Å². The average Bonchev–Trinajstić information content (AvgIpc) is 4.05. The van der Waals surface area contributed by atoms with Gasteiger partial charge in [-0.05, 0) is 94.3 Å². The first-order chi connectivity index (χ1) is 29.7. The van der Waals surface area contributed by atoms with Crippen LogP contribution in [0.4, 0.5) is 0 Å². The Hall–Kier alpha value is -7.62. The minimum atomic E-state index is 0.377. The Balaban J connectivity index is 0.906. The summed E-state index contributed by atoms with van der Waals surface area (Å²) in [5.41, 5.74) is 18.3. The highest BCUT2D eigenvalue weighted by atomic mass is 16.3. The van der Waals surface area contributed by atoms with Crippen molar-refractivity contribution >= 4 is 65.7 Å². The Morgan fingerprint density at radius 2 is 0.967 bits per heavy atom. The maximum absolute atomic E-state index is 6.82. The second-order valence-corrected chi connectivity index (χ2v) is 16.3. The van der Waals surface area contributed by atoms with Gasteiger partial charge in [0.05, 0.1) is 11.0 Å². The van der Waals surface area contributed by atoms with Crippen LogP contribution in [0.25, 0.3) is 105 Å². The molecule has 3 heteroatoms. The van der Waals surface area contributed by atoms with Gasteiger partial charge in [-0.15, -0.1) is 0 Å². The summed E-state index contributed by atoms with van der Waals surface area (Å²) in [6.45, 7) is 0. The first-order valence-electron chi connectivity index (χ1n) is 20.9. The van der Waals surface area contributed by atoms with Crippen molar-refractivity contribution in [2.45, 2.75) is 18.8 Å². The quantitative estimate of drug-likeness (QED) is 0.169. The molecule has 60 heavy (non-hydrogen) atoms. The van der Waals surface area contributed by atoms with Gasteiger partial charge in [-0.3, -0.25) is 0 Å². The van der Waals surface area contributed by atoms with Crippen LogP contribution < -0.4 is 0 Å². The van der Waals surface area contributed by atoms with E-state index in [4.69, 9.17) is 8.83 Å². The van der Waals surface area contributed by atoms with E-state index in [0.29, 0.717) is 5.92 Å². The van der Waals surface area contributed by atoms with Crippen LogP contribution in [-0.2, 0) is 6.42 Å². The molecule has 3 nitrogen and oxygen atoms in total. The van der Waals surface area contributed by atoms with Crippen molar-refractivity contribution in [3.63, 3.8) is 0 Å². The monoisotopic (exact) mass is 767 g/mol. The van der Waals surface area contributed by atoms with Crippen molar-refractivity contribution in [3.05, 3.63) is 211 Å². The van der Waals surface area contributed by atoms with Crippen molar-refractivity contribution < 1.29 is 8.83 Å². The maximum Gasteiger partial charge on any atom is 0.143 e. The molecule has 3 heterocycles. The zero-order valence-electron chi connectivity index (χ0n) is 32.7. The van der Waals surface area contributed by atoms with Gasteiger partial charge in [-0.1, -0.05) is 146 Å². The van der Waals surface area contributed by atoms with Gasteiger partial charge >= 0.3 is 0 Å². The molecule has 0 spiro atoms.